The van der Waals surface area contributed by atoms with Crippen LogP contribution in [0.1, 0.15) is 11.1 Å². The van der Waals surface area contributed by atoms with Crippen molar-refractivity contribution < 1.29 is 14.9 Å². The SMILES string of the molecule is COCC1(C(O)O)c2ccccc2-c2ccccc21. The lowest BCUT2D eigenvalue weighted by molar-refractivity contribution is -0.103. The maximum atomic E-state index is 10.0. The van der Waals surface area contributed by atoms with Gasteiger partial charge in [-0.05, 0) is 22.3 Å². The van der Waals surface area contributed by atoms with Gasteiger partial charge >= 0.3 is 0 Å². The van der Waals surface area contributed by atoms with Gasteiger partial charge in [-0.15, -0.1) is 0 Å². The van der Waals surface area contributed by atoms with Gasteiger partial charge in [0, 0.05) is 7.11 Å². The second-order valence-electron chi connectivity index (χ2n) is 4.87. The van der Waals surface area contributed by atoms with E-state index in [4.69, 9.17) is 4.74 Å². The van der Waals surface area contributed by atoms with Gasteiger partial charge in [-0.1, -0.05) is 48.5 Å². The summed E-state index contributed by atoms with van der Waals surface area (Å²) in [5.41, 5.74) is 3.01. The van der Waals surface area contributed by atoms with E-state index in [1.807, 2.05) is 48.5 Å². The average molecular weight is 256 g/mol. The number of aliphatic hydroxyl groups excluding tert-OH is 1. The number of hydrogen-bond donors (Lipinski definition) is 2. The molecule has 0 heterocycles. The van der Waals surface area contributed by atoms with Crippen LogP contribution in [-0.2, 0) is 10.2 Å². The molecule has 0 aliphatic heterocycles. The molecule has 1 aliphatic carbocycles. The molecule has 3 rings (SSSR count). The van der Waals surface area contributed by atoms with Crippen LogP contribution in [0.4, 0.5) is 0 Å². The lowest BCUT2D eigenvalue weighted by Crippen LogP contribution is -2.43. The van der Waals surface area contributed by atoms with Crippen molar-refractivity contribution in [3.63, 3.8) is 0 Å². The van der Waals surface area contributed by atoms with E-state index in [0.717, 1.165) is 22.3 Å². The molecule has 0 amide bonds. The highest BCUT2D eigenvalue weighted by atomic mass is 16.5. The van der Waals surface area contributed by atoms with Gasteiger partial charge in [-0.2, -0.15) is 0 Å². The van der Waals surface area contributed by atoms with E-state index in [-0.39, 0.29) is 6.61 Å². The van der Waals surface area contributed by atoms with E-state index in [1.165, 1.54) is 0 Å². The number of ether oxygens (including phenoxy) is 1. The van der Waals surface area contributed by atoms with Gasteiger partial charge in [0.05, 0.1) is 12.0 Å². The second kappa shape index (κ2) is 4.46. The summed E-state index contributed by atoms with van der Waals surface area (Å²) in [6.07, 6.45) is -1.50. The Morgan fingerprint density at radius 1 is 0.947 bits per heavy atom. The minimum atomic E-state index is -1.50. The molecule has 0 saturated heterocycles. The highest BCUT2D eigenvalue weighted by Gasteiger charge is 2.48. The first-order valence-electron chi connectivity index (χ1n) is 6.26. The van der Waals surface area contributed by atoms with Crippen LogP contribution in [0.2, 0.25) is 0 Å². The van der Waals surface area contributed by atoms with Crippen molar-refractivity contribution in [2.45, 2.75) is 11.7 Å². The minimum absolute atomic E-state index is 0.235. The monoisotopic (exact) mass is 256 g/mol. The Kier molecular flexibility index (Phi) is 2.90. The molecule has 0 aromatic heterocycles. The van der Waals surface area contributed by atoms with Crippen LogP contribution in [0.25, 0.3) is 11.1 Å². The van der Waals surface area contributed by atoms with Crippen LogP contribution in [0.15, 0.2) is 48.5 Å². The largest absolute Gasteiger partial charge is 0.383 e. The second-order valence-corrected chi connectivity index (χ2v) is 4.87. The van der Waals surface area contributed by atoms with E-state index >= 15 is 0 Å². The molecule has 3 nitrogen and oxygen atoms in total. The van der Waals surface area contributed by atoms with E-state index in [0.29, 0.717) is 0 Å². The number of fused-ring (bicyclic) bond motifs is 3. The summed E-state index contributed by atoms with van der Waals surface area (Å²) in [4.78, 5) is 0. The molecule has 98 valence electrons. The fraction of sp³-hybridized carbons (Fsp3) is 0.250. The quantitative estimate of drug-likeness (QED) is 0.825. The standard InChI is InChI=1S/C16H16O3/c1-19-10-16(15(17)18)13-8-4-2-6-11(13)12-7-3-5-9-14(12)16/h2-9,15,17-18H,10H2,1H3. The normalized spacial score (nSPS) is 15.4. The molecule has 0 saturated carbocycles. The first-order valence-corrected chi connectivity index (χ1v) is 6.26. The number of rotatable bonds is 3. The molecule has 1 aliphatic rings. The Hall–Kier alpha value is -1.68. The molecule has 0 bridgehead atoms. The van der Waals surface area contributed by atoms with Crippen molar-refractivity contribution in [3.05, 3.63) is 59.7 Å². The molecule has 0 radical (unpaired) electrons. The summed E-state index contributed by atoms with van der Waals surface area (Å²) in [7, 11) is 1.58. The molecule has 0 spiro atoms. The van der Waals surface area contributed by atoms with E-state index in [9.17, 15) is 10.2 Å². The van der Waals surface area contributed by atoms with Crippen LogP contribution < -0.4 is 0 Å². The van der Waals surface area contributed by atoms with Crippen molar-refractivity contribution >= 4 is 0 Å². The lowest BCUT2D eigenvalue weighted by Gasteiger charge is -2.32. The molecule has 0 unspecified atom stereocenters. The topological polar surface area (TPSA) is 49.7 Å². The average Bonchev–Trinajstić information content (AvgIpc) is 2.72. The van der Waals surface area contributed by atoms with E-state index in [1.54, 1.807) is 7.11 Å². The highest BCUT2D eigenvalue weighted by Crippen LogP contribution is 2.50. The number of aliphatic hydroxyl groups is 2. The molecule has 3 heteroatoms. The van der Waals surface area contributed by atoms with Gasteiger partial charge < -0.3 is 14.9 Å². The van der Waals surface area contributed by atoms with E-state index < -0.39 is 11.7 Å². The predicted molar refractivity (Wildman–Crippen MR) is 72.8 cm³/mol. The molecule has 2 N–H and O–H groups in total. The maximum Gasteiger partial charge on any atom is 0.167 e. The van der Waals surface area contributed by atoms with Crippen LogP contribution >= 0.6 is 0 Å². The van der Waals surface area contributed by atoms with E-state index in [2.05, 4.69) is 0 Å². The number of benzene rings is 2. The summed E-state index contributed by atoms with van der Waals surface area (Å²) in [5, 5.41) is 20.0. The van der Waals surface area contributed by atoms with Gasteiger partial charge in [-0.3, -0.25) is 0 Å². The first-order chi connectivity index (χ1) is 9.21. The molecular formula is C16H16O3. The van der Waals surface area contributed by atoms with Crippen LogP contribution in [0.3, 0.4) is 0 Å². The summed E-state index contributed by atoms with van der Waals surface area (Å²) < 4.78 is 5.28. The Morgan fingerprint density at radius 2 is 1.42 bits per heavy atom. The third kappa shape index (κ3) is 1.56. The summed E-state index contributed by atoms with van der Waals surface area (Å²) in [6.45, 7) is 0.235. The van der Waals surface area contributed by atoms with Crippen LogP contribution in [-0.4, -0.2) is 30.2 Å². The first kappa shape index (κ1) is 12.4. The molecule has 19 heavy (non-hydrogen) atoms. The Morgan fingerprint density at radius 3 is 1.84 bits per heavy atom. The van der Waals surface area contributed by atoms with Gasteiger partial charge in [-0.25, -0.2) is 0 Å². The zero-order chi connectivity index (χ0) is 13.5. The van der Waals surface area contributed by atoms with Crippen molar-refractivity contribution in [2.75, 3.05) is 13.7 Å². The third-order valence-corrected chi connectivity index (χ3v) is 3.92. The Bertz CT molecular complexity index is 559. The number of methoxy groups -OCH3 is 1. The summed E-state index contributed by atoms with van der Waals surface area (Å²) in [5.74, 6) is 0. The highest BCUT2D eigenvalue weighted by molar-refractivity contribution is 5.81. The van der Waals surface area contributed by atoms with Crippen LogP contribution in [0.5, 0.6) is 0 Å². The van der Waals surface area contributed by atoms with Crippen molar-refractivity contribution in [1.82, 2.24) is 0 Å². The Balaban J connectivity index is 2.35. The lowest BCUT2D eigenvalue weighted by atomic mass is 9.78. The number of hydrogen-bond acceptors (Lipinski definition) is 3. The molecule has 0 atom stereocenters. The van der Waals surface area contributed by atoms with Crippen LogP contribution in [0, 0.1) is 0 Å². The van der Waals surface area contributed by atoms with Gasteiger partial charge in [0.1, 0.15) is 0 Å². The fourth-order valence-electron chi connectivity index (χ4n) is 3.09. The minimum Gasteiger partial charge on any atom is -0.383 e. The zero-order valence-electron chi connectivity index (χ0n) is 10.7. The van der Waals surface area contributed by atoms with Gasteiger partial charge in [0.15, 0.2) is 6.29 Å². The predicted octanol–water partition coefficient (Wildman–Crippen LogP) is 1.91. The summed E-state index contributed by atoms with van der Waals surface area (Å²) >= 11 is 0. The molecule has 2 aromatic rings. The Labute approximate surface area is 112 Å². The van der Waals surface area contributed by atoms with Crippen molar-refractivity contribution in [2.24, 2.45) is 0 Å². The molecule has 0 fully saturated rings. The zero-order valence-corrected chi connectivity index (χ0v) is 10.7. The third-order valence-electron chi connectivity index (χ3n) is 3.92. The van der Waals surface area contributed by atoms with Crippen molar-refractivity contribution in [1.29, 1.82) is 0 Å². The fourth-order valence-corrected chi connectivity index (χ4v) is 3.09. The summed E-state index contributed by atoms with van der Waals surface area (Å²) in [6, 6.07) is 15.6. The van der Waals surface area contributed by atoms with Gasteiger partial charge in [0.25, 0.3) is 0 Å². The maximum absolute atomic E-state index is 10.0. The molecule has 2 aromatic carbocycles. The van der Waals surface area contributed by atoms with Gasteiger partial charge in [0.2, 0.25) is 0 Å². The smallest absolute Gasteiger partial charge is 0.167 e. The molecular weight excluding hydrogens is 240 g/mol. The van der Waals surface area contributed by atoms with Crippen molar-refractivity contribution in [3.8, 4) is 11.1 Å².